The molecular weight excluding hydrogens is 349 g/mol. The van der Waals surface area contributed by atoms with Crippen molar-refractivity contribution in [1.29, 1.82) is 0 Å². The second-order valence-corrected chi connectivity index (χ2v) is 5.19. The average molecular weight is 363 g/mol. The zero-order valence-corrected chi connectivity index (χ0v) is 13.8. The smallest absolute Gasteiger partial charge is 0.293 e. The number of carbonyl (C=O) groups excluding carboxylic acids is 1. The van der Waals surface area contributed by atoms with Crippen LogP contribution in [0.1, 0.15) is 10.4 Å². The van der Waals surface area contributed by atoms with Crippen molar-refractivity contribution in [2.24, 2.45) is 0 Å². The molecule has 0 radical (unpaired) electrons. The number of thiocarbonyl (C=S) groups is 1. The number of amides is 1. The maximum absolute atomic E-state index is 12.8. The predicted octanol–water partition coefficient (Wildman–Crippen LogP) is 2.41. The van der Waals surface area contributed by atoms with E-state index in [4.69, 9.17) is 12.2 Å². The third kappa shape index (κ3) is 4.85. The lowest BCUT2D eigenvalue weighted by Crippen LogP contribution is -2.43. The Morgan fingerprint density at radius 3 is 2.44 bits per heavy atom. The summed E-state index contributed by atoms with van der Waals surface area (Å²) in [4.78, 5) is 22.5. The Balaban J connectivity index is 1.97. The van der Waals surface area contributed by atoms with Gasteiger partial charge in [0.05, 0.1) is 4.92 Å². The Bertz CT molecular complexity index is 813. The minimum absolute atomic E-state index is 0.0707. The largest absolute Gasteiger partial charge is 0.383 e. The highest BCUT2D eigenvalue weighted by molar-refractivity contribution is 7.80. The van der Waals surface area contributed by atoms with Crippen LogP contribution in [0.25, 0.3) is 0 Å². The number of rotatable bonds is 4. The van der Waals surface area contributed by atoms with Gasteiger partial charge in [-0.1, -0.05) is 0 Å². The molecule has 2 aromatic carbocycles. The molecule has 0 spiro atoms. The minimum atomic E-state index is -0.603. The maximum atomic E-state index is 12.8. The van der Waals surface area contributed by atoms with Crippen molar-refractivity contribution in [2.45, 2.75) is 0 Å². The molecule has 4 N–H and O–H groups in total. The molecule has 0 aliphatic rings. The Kier molecular flexibility index (Phi) is 5.79. The summed E-state index contributed by atoms with van der Waals surface area (Å²) in [5.74, 6) is -0.988. The van der Waals surface area contributed by atoms with Crippen LogP contribution in [0.5, 0.6) is 0 Å². The molecule has 130 valence electrons. The van der Waals surface area contributed by atoms with Crippen molar-refractivity contribution in [3.8, 4) is 0 Å². The number of anilines is 2. The van der Waals surface area contributed by atoms with Gasteiger partial charge in [-0.3, -0.25) is 25.8 Å². The summed E-state index contributed by atoms with van der Waals surface area (Å²) in [6, 6.07) is 9.49. The van der Waals surface area contributed by atoms with Gasteiger partial charge in [0.15, 0.2) is 5.11 Å². The molecule has 0 bridgehead atoms. The fraction of sp³-hybridized carbons (Fsp3) is 0.0667. The fourth-order valence-electron chi connectivity index (χ4n) is 1.92. The van der Waals surface area contributed by atoms with E-state index < -0.39 is 10.8 Å². The van der Waals surface area contributed by atoms with E-state index in [1.807, 2.05) is 0 Å². The molecule has 0 heterocycles. The number of hydrazine groups is 1. The van der Waals surface area contributed by atoms with E-state index in [0.29, 0.717) is 11.4 Å². The Hall–Kier alpha value is -3.27. The Labute approximate surface area is 147 Å². The van der Waals surface area contributed by atoms with E-state index in [2.05, 4.69) is 21.5 Å². The molecule has 0 atom stereocenters. The van der Waals surface area contributed by atoms with Crippen molar-refractivity contribution in [3.63, 3.8) is 0 Å². The molecular formula is C15H14FN5O3S. The second kappa shape index (κ2) is 8.02. The van der Waals surface area contributed by atoms with Gasteiger partial charge in [-0.25, -0.2) is 4.39 Å². The summed E-state index contributed by atoms with van der Waals surface area (Å²) in [5.41, 5.74) is 5.48. The molecule has 0 saturated carbocycles. The van der Waals surface area contributed by atoms with Crippen molar-refractivity contribution in [1.82, 2.24) is 10.9 Å². The standard InChI is InChI=1S/C15H14FN5O3S/c1-17-12-7-2-9(8-13(12)21(23)24)14(22)19-20-15(25)18-11-5-3-10(16)4-6-11/h2-8,17H,1H3,(H,19,22)(H2,18,20,25). The Morgan fingerprint density at radius 2 is 1.84 bits per heavy atom. The summed E-state index contributed by atoms with van der Waals surface area (Å²) < 4.78 is 12.8. The van der Waals surface area contributed by atoms with E-state index in [0.717, 1.165) is 6.07 Å². The summed E-state index contributed by atoms with van der Waals surface area (Å²) >= 11 is 5.00. The molecule has 0 fully saturated rings. The lowest BCUT2D eigenvalue weighted by Gasteiger charge is -2.12. The second-order valence-electron chi connectivity index (χ2n) is 4.78. The van der Waals surface area contributed by atoms with Crippen molar-refractivity contribution in [3.05, 3.63) is 64.0 Å². The summed E-state index contributed by atoms with van der Waals surface area (Å²) in [7, 11) is 1.54. The van der Waals surface area contributed by atoms with Crippen LogP contribution in [0.4, 0.5) is 21.5 Å². The predicted molar refractivity (Wildman–Crippen MR) is 95.9 cm³/mol. The SMILES string of the molecule is CNc1ccc(C(=O)NNC(=S)Nc2ccc(F)cc2)cc1[N+](=O)[O-]. The number of nitrogens with zero attached hydrogens (tertiary/aromatic N) is 1. The first-order valence-corrected chi connectivity index (χ1v) is 7.40. The first-order chi connectivity index (χ1) is 11.9. The number of hydrogen-bond donors (Lipinski definition) is 4. The quantitative estimate of drug-likeness (QED) is 0.375. The van der Waals surface area contributed by atoms with Crippen LogP contribution in [0, 0.1) is 15.9 Å². The van der Waals surface area contributed by atoms with Crippen molar-refractivity contribution >= 4 is 40.3 Å². The van der Waals surface area contributed by atoms with E-state index in [1.54, 1.807) is 7.05 Å². The van der Waals surface area contributed by atoms with Gasteiger partial charge >= 0.3 is 0 Å². The molecule has 2 rings (SSSR count). The van der Waals surface area contributed by atoms with Gasteiger partial charge in [0.2, 0.25) is 0 Å². The molecule has 2 aromatic rings. The number of nitro groups is 1. The van der Waals surface area contributed by atoms with Gasteiger partial charge in [0.1, 0.15) is 11.5 Å². The lowest BCUT2D eigenvalue weighted by atomic mass is 10.1. The van der Waals surface area contributed by atoms with Crippen molar-refractivity contribution in [2.75, 3.05) is 17.7 Å². The van der Waals surface area contributed by atoms with E-state index in [-0.39, 0.29) is 22.2 Å². The van der Waals surface area contributed by atoms with Gasteiger partial charge in [0, 0.05) is 24.4 Å². The summed E-state index contributed by atoms with van der Waals surface area (Å²) in [6.07, 6.45) is 0. The third-order valence-electron chi connectivity index (χ3n) is 3.12. The van der Waals surface area contributed by atoms with Crippen LogP contribution in [-0.2, 0) is 0 Å². The highest BCUT2D eigenvalue weighted by Crippen LogP contribution is 2.24. The number of nitrogens with one attached hydrogen (secondary N) is 4. The molecule has 8 nitrogen and oxygen atoms in total. The van der Waals surface area contributed by atoms with E-state index >= 15 is 0 Å². The summed E-state index contributed by atoms with van der Waals surface area (Å²) in [6.45, 7) is 0. The van der Waals surface area contributed by atoms with Gasteiger partial charge in [-0.2, -0.15) is 0 Å². The monoisotopic (exact) mass is 363 g/mol. The maximum Gasteiger partial charge on any atom is 0.293 e. The van der Waals surface area contributed by atoms with Crippen molar-refractivity contribution < 1.29 is 14.1 Å². The third-order valence-corrected chi connectivity index (χ3v) is 3.32. The van der Waals surface area contributed by atoms with Gasteiger partial charge < -0.3 is 10.6 Å². The molecule has 1 amide bonds. The van der Waals surface area contributed by atoms with Crippen LogP contribution in [0.15, 0.2) is 42.5 Å². The number of carbonyl (C=O) groups is 1. The normalized spacial score (nSPS) is 9.84. The highest BCUT2D eigenvalue weighted by Gasteiger charge is 2.16. The molecule has 10 heteroatoms. The molecule has 25 heavy (non-hydrogen) atoms. The number of nitro benzene ring substituents is 1. The zero-order chi connectivity index (χ0) is 18.4. The van der Waals surface area contributed by atoms with E-state index in [9.17, 15) is 19.3 Å². The number of halogens is 1. The molecule has 0 unspecified atom stereocenters. The zero-order valence-electron chi connectivity index (χ0n) is 13.0. The van der Waals surface area contributed by atoms with Crippen LogP contribution in [0.3, 0.4) is 0 Å². The number of benzene rings is 2. The van der Waals surface area contributed by atoms with E-state index in [1.165, 1.54) is 36.4 Å². The highest BCUT2D eigenvalue weighted by atomic mass is 32.1. The van der Waals surface area contributed by atoms with Crippen LogP contribution in [-0.4, -0.2) is 23.0 Å². The molecule has 0 aliphatic carbocycles. The average Bonchev–Trinajstić information content (AvgIpc) is 2.61. The first-order valence-electron chi connectivity index (χ1n) is 7.00. The van der Waals surface area contributed by atoms with Crippen LogP contribution < -0.4 is 21.5 Å². The topological polar surface area (TPSA) is 108 Å². The van der Waals surface area contributed by atoms with Gasteiger partial charge in [-0.15, -0.1) is 0 Å². The minimum Gasteiger partial charge on any atom is -0.383 e. The first kappa shape index (κ1) is 18.1. The lowest BCUT2D eigenvalue weighted by molar-refractivity contribution is -0.384. The molecule has 0 saturated heterocycles. The summed E-state index contributed by atoms with van der Waals surface area (Å²) in [5, 5.41) is 16.5. The van der Waals surface area contributed by atoms with Gasteiger partial charge in [-0.05, 0) is 48.6 Å². The van der Waals surface area contributed by atoms with Gasteiger partial charge in [0.25, 0.3) is 11.6 Å². The number of hydrogen-bond acceptors (Lipinski definition) is 5. The van der Waals surface area contributed by atoms with Crippen LogP contribution >= 0.6 is 12.2 Å². The fourth-order valence-corrected chi connectivity index (χ4v) is 2.09. The molecule has 0 aromatic heterocycles. The van der Waals surface area contributed by atoms with Crippen LogP contribution in [0.2, 0.25) is 0 Å². The Morgan fingerprint density at radius 1 is 1.16 bits per heavy atom. The molecule has 0 aliphatic heterocycles.